The van der Waals surface area contributed by atoms with Crippen molar-refractivity contribution in [3.05, 3.63) is 34.9 Å². The van der Waals surface area contributed by atoms with Gasteiger partial charge in [-0.3, -0.25) is 14.5 Å². The summed E-state index contributed by atoms with van der Waals surface area (Å²) in [6.07, 6.45) is 0.305. The first kappa shape index (κ1) is 15.7. The Kier molecular flexibility index (Phi) is 4.19. The third kappa shape index (κ3) is 3.00. The first-order chi connectivity index (χ1) is 9.75. The quantitative estimate of drug-likeness (QED) is 0.870. The molecule has 2 rings (SSSR count). The normalized spacial score (nSPS) is 16.9. The van der Waals surface area contributed by atoms with Crippen LogP contribution in [0.1, 0.15) is 55.2 Å². The minimum absolute atomic E-state index is 0.0453. The summed E-state index contributed by atoms with van der Waals surface area (Å²) in [5, 5.41) is 3.49. The van der Waals surface area contributed by atoms with Gasteiger partial charge in [-0.15, -0.1) is 0 Å². The standard InChI is InChI=1S/C17H24N2O2/c1-6-18-15(17(2,3)4)12-8-7-11-10-14(20)19(5)16(21)13(11)9-12/h7-9,15,18H,6,10H2,1-5H3. The van der Waals surface area contributed by atoms with Crippen LogP contribution in [0.2, 0.25) is 0 Å². The Labute approximate surface area is 126 Å². The number of carbonyl (C=O) groups is 2. The molecule has 1 atom stereocenters. The summed E-state index contributed by atoms with van der Waals surface area (Å²) in [5.41, 5.74) is 2.63. The molecular formula is C17H24N2O2. The van der Waals surface area contributed by atoms with Crippen LogP contribution in [0.15, 0.2) is 18.2 Å². The van der Waals surface area contributed by atoms with Crippen LogP contribution in [-0.4, -0.2) is 30.3 Å². The molecule has 1 heterocycles. The number of carbonyl (C=O) groups excluding carboxylic acids is 2. The van der Waals surface area contributed by atoms with Crippen molar-refractivity contribution in [2.75, 3.05) is 13.6 Å². The van der Waals surface area contributed by atoms with Gasteiger partial charge in [0.15, 0.2) is 0 Å². The fourth-order valence-electron chi connectivity index (χ4n) is 2.83. The van der Waals surface area contributed by atoms with Crippen molar-refractivity contribution in [3.8, 4) is 0 Å². The van der Waals surface area contributed by atoms with E-state index >= 15 is 0 Å². The van der Waals surface area contributed by atoms with Crippen LogP contribution < -0.4 is 5.32 Å². The van der Waals surface area contributed by atoms with Crippen molar-refractivity contribution < 1.29 is 9.59 Å². The summed E-state index contributed by atoms with van der Waals surface area (Å²) in [7, 11) is 1.55. The monoisotopic (exact) mass is 288 g/mol. The molecule has 1 aliphatic rings. The van der Waals surface area contributed by atoms with Gasteiger partial charge in [-0.2, -0.15) is 0 Å². The topological polar surface area (TPSA) is 49.4 Å². The van der Waals surface area contributed by atoms with Gasteiger partial charge in [0, 0.05) is 18.7 Å². The summed E-state index contributed by atoms with van der Waals surface area (Å²) < 4.78 is 0. The summed E-state index contributed by atoms with van der Waals surface area (Å²) in [6, 6.07) is 6.06. The summed E-state index contributed by atoms with van der Waals surface area (Å²) in [6.45, 7) is 9.48. The third-order valence-electron chi connectivity index (χ3n) is 3.99. The van der Waals surface area contributed by atoms with E-state index in [4.69, 9.17) is 0 Å². The van der Waals surface area contributed by atoms with E-state index < -0.39 is 0 Å². The Morgan fingerprint density at radius 1 is 1.29 bits per heavy atom. The zero-order chi connectivity index (χ0) is 15.8. The smallest absolute Gasteiger partial charge is 0.260 e. The minimum Gasteiger partial charge on any atom is -0.310 e. The second-order valence-corrected chi connectivity index (χ2v) is 6.71. The Balaban J connectivity index is 2.45. The predicted molar refractivity (Wildman–Crippen MR) is 83.1 cm³/mol. The summed E-state index contributed by atoms with van der Waals surface area (Å²) in [5.74, 6) is -0.341. The van der Waals surface area contributed by atoms with Crippen LogP contribution in [0, 0.1) is 5.41 Å². The number of nitrogens with zero attached hydrogens (tertiary/aromatic N) is 1. The molecule has 2 amide bonds. The second kappa shape index (κ2) is 5.60. The molecule has 114 valence electrons. The van der Waals surface area contributed by atoms with Gasteiger partial charge in [0.25, 0.3) is 5.91 Å². The first-order valence-corrected chi connectivity index (χ1v) is 7.42. The van der Waals surface area contributed by atoms with Crippen LogP contribution in [-0.2, 0) is 11.2 Å². The Bertz CT molecular complexity index is 573. The molecule has 0 aliphatic carbocycles. The lowest BCUT2D eigenvalue weighted by molar-refractivity contribution is -0.127. The fraction of sp³-hybridized carbons (Fsp3) is 0.529. The van der Waals surface area contributed by atoms with Gasteiger partial charge in [0.1, 0.15) is 0 Å². The number of fused-ring (bicyclic) bond motifs is 1. The average molecular weight is 288 g/mol. The van der Waals surface area contributed by atoms with E-state index in [1.807, 2.05) is 18.2 Å². The molecule has 0 bridgehead atoms. The molecule has 0 saturated heterocycles. The maximum Gasteiger partial charge on any atom is 0.260 e. The van der Waals surface area contributed by atoms with E-state index in [9.17, 15) is 9.59 Å². The Morgan fingerprint density at radius 2 is 1.95 bits per heavy atom. The lowest BCUT2D eigenvalue weighted by atomic mass is 9.81. The van der Waals surface area contributed by atoms with Crippen molar-refractivity contribution in [1.29, 1.82) is 0 Å². The number of hydrogen-bond acceptors (Lipinski definition) is 3. The molecule has 0 radical (unpaired) electrons. The highest BCUT2D eigenvalue weighted by atomic mass is 16.2. The van der Waals surface area contributed by atoms with E-state index in [-0.39, 0.29) is 23.3 Å². The van der Waals surface area contributed by atoms with Crippen molar-refractivity contribution >= 4 is 11.8 Å². The number of benzene rings is 1. The number of amides is 2. The first-order valence-electron chi connectivity index (χ1n) is 7.42. The molecular weight excluding hydrogens is 264 g/mol. The summed E-state index contributed by atoms with van der Waals surface area (Å²) >= 11 is 0. The fourth-order valence-corrected chi connectivity index (χ4v) is 2.83. The lowest BCUT2D eigenvalue weighted by Gasteiger charge is -2.33. The highest BCUT2D eigenvalue weighted by molar-refractivity contribution is 6.09. The van der Waals surface area contributed by atoms with Gasteiger partial charge in [0.05, 0.1) is 6.42 Å². The molecule has 4 heteroatoms. The van der Waals surface area contributed by atoms with Crippen molar-refractivity contribution in [2.45, 2.75) is 40.2 Å². The highest BCUT2D eigenvalue weighted by Gasteiger charge is 2.31. The predicted octanol–water partition coefficient (Wildman–Crippen LogP) is 2.54. The largest absolute Gasteiger partial charge is 0.310 e. The molecule has 0 fully saturated rings. The van der Waals surface area contributed by atoms with E-state index in [2.05, 4.69) is 33.0 Å². The Hall–Kier alpha value is -1.68. The van der Waals surface area contributed by atoms with Crippen LogP contribution >= 0.6 is 0 Å². The number of hydrogen-bond donors (Lipinski definition) is 1. The van der Waals surface area contributed by atoms with E-state index in [1.165, 1.54) is 4.90 Å². The van der Waals surface area contributed by atoms with Gasteiger partial charge in [-0.25, -0.2) is 0 Å². The lowest BCUT2D eigenvalue weighted by Crippen LogP contribution is -2.39. The van der Waals surface area contributed by atoms with Crippen molar-refractivity contribution in [1.82, 2.24) is 10.2 Å². The van der Waals surface area contributed by atoms with E-state index in [0.29, 0.717) is 12.0 Å². The number of imide groups is 1. The number of likely N-dealkylation sites (N-methyl/N-ethyl adjacent to an activating group) is 1. The zero-order valence-corrected chi connectivity index (χ0v) is 13.5. The van der Waals surface area contributed by atoms with Crippen LogP contribution in [0.3, 0.4) is 0 Å². The molecule has 0 saturated carbocycles. The van der Waals surface area contributed by atoms with Gasteiger partial charge < -0.3 is 5.32 Å². The summed E-state index contributed by atoms with van der Waals surface area (Å²) in [4.78, 5) is 25.2. The van der Waals surface area contributed by atoms with Gasteiger partial charge in [-0.1, -0.05) is 39.8 Å². The molecule has 1 aromatic rings. The number of nitrogens with one attached hydrogen (secondary N) is 1. The van der Waals surface area contributed by atoms with Crippen LogP contribution in [0.25, 0.3) is 0 Å². The van der Waals surface area contributed by atoms with Gasteiger partial charge in [-0.05, 0) is 29.2 Å². The zero-order valence-electron chi connectivity index (χ0n) is 13.5. The molecule has 1 N–H and O–H groups in total. The van der Waals surface area contributed by atoms with E-state index in [0.717, 1.165) is 17.7 Å². The minimum atomic E-state index is -0.202. The number of rotatable bonds is 3. The highest BCUT2D eigenvalue weighted by Crippen LogP contribution is 2.34. The molecule has 0 aromatic heterocycles. The van der Waals surface area contributed by atoms with Crippen LogP contribution in [0.4, 0.5) is 0 Å². The maximum atomic E-state index is 12.3. The second-order valence-electron chi connectivity index (χ2n) is 6.71. The average Bonchev–Trinajstić information content (AvgIpc) is 2.41. The maximum absolute atomic E-state index is 12.3. The van der Waals surface area contributed by atoms with Crippen molar-refractivity contribution in [3.63, 3.8) is 0 Å². The van der Waals surface area contributed by atoms with Crippen LogP contribution in [0.5, 0.6) is 0 Å². The molecule has 0 spiro atoms. The SMILES string of the molecule is CCNC(c1ccc2c(c1)C(=O)N(C)C(=O)C2)C(C)(C)C. The van der Waals surface area contributed by atoms with Gasteiger partial charge >= 0.3 is 0 Å². The van der Waals surface area contributed by atoms with E-state index in [1.54, 1.807) is 7.05 Å². The third-order valence-corrected chi connectivity index (χ3v) is 3.99. The molecule has 21 heavy (non-hydrogen) atoms. The molecule has 1 aromatic carbocycles. The molecule has 1 unspecified atom stereocenters. The molecule has 1 aliphatic heterocycles. The van der Waals surface area contributed by atoms with Crippen molar-refractivity contribution in [2.24, 2.45) is 5.41 Å². The molecule has 4 nitrogen and oxygen atoms in total. The Morgan fingerprint density at radius 3 is 2.52 bits per heavy atom. The van der Waals surface area contributed by atoms with Gasteiger partial charge in [0.2, 0.25) is 5.91 Å².